The van der Waals surface area contributed by atoms with Crippen molar-refractivity contribution in [1.29, 1.82) is 0 Å². The summed E-state index contributed by atoms with van der Waals surface area (Å²) in [5.41, 5.74) is 6.01. The molecule has 1 heterocycles. The lowest BCUT2D eigenvalue weighted by molar-refractivity contribution is -0.384. The molecule has 0 unspecified atom stereocenters. The Morgan fingerprint density at radius 1 is 1.10 bits per heavy atom. The van der Waals surface area contributed by atoms with Gasteiger partial charge in [0.05, 0.1) is 4.92 Å². The van der Waals surface area contributed by atoms with Crippen molar-refractivity contribution in [3.63, 3.8) is 0 Å². The zero-order valence-electron chi connectivity index (χ0n) is 15.5. The summed E-state index contributed by atoms with van der Waals surface area (Å²) in [6.45, 7) is 1.75. The maximum absolute atomic E-state index is 12.4. The van der Waals surface area contributed by atoms with Gasteiger partial charge in [0.1, 0.15) is 11.3 Å². The van der Waals surface area contributed by atoms with Crippen molar-refractivity contribution < 1.29 is 18.9 Å². The molecule has 29 heavy (non-hydrogen) atoms. The minimum Gasteiger partial charge on any atom is -0.451 e. The van der Waals surface area contributed by atoms with Gasteiger partial charge in [-0.3, -0.25) is 30.6 Å². The van der Waals surface area contributed by atoms with Crippen LogP contribution in [0.2, 0.25) is 0 Å². The zero-order chi connectivity index (χ0) is 20.5. The van der Waals surface area contributed by atoms with Crippen molar-refractivity contribution in [2.75, 3.05) is 5.32 Å². The first kappa shape index (κ1) is 18.5. The molecule has 9 nitrogen and oxygen atoms in total. The molecule has 1 saturated carbocycles. The first-order chi connectivity index (χ1) is 13.9. The van der Waals surface area contributed by atoms with E-state index in [1.807, 2.05) is 12.1 Å². The molecule has 3 N–H and O–H groups in total. The van der Waals surface area contributed by atoms with Crippen molar-refractivity contribution in [3.05, 3.63) is 69.5 Å². The number of hydrazine groups is 1. The van der Waals surface area contributed by atoms with Gasteiger partial charge in [-0.25, -0.2) is 0 Å². The van der Waals surface area contributed by atoms with Crippen LogP contribution in [-0.4, -0.2) is 22.8 Å². The van der Waals surface area contributed by atoms with Crippen LogP contribution in [0.25, 0.3) is 11.0 Å². The molecule has 0 aliphatic heterocycles. The summed E-state index contributed by atoms with van der Waals surface area (Å²) in [6, 6.07) is 11.6. The van der Waals surface area contributed by atoms with Gasteiger partial charge < -0.3 is 9.73 Å². The number of carbonyl (C=O) groups excluding carboxylic acids is 2. The Kier molecular flexibility index (Phi) is 4.63. The molecule has 0 saturated heterocycles. The highest BCUT2D eigenvalue weighted by atomic mass is 16.6. The molecule has 0 spiro atoms. The number of hydrogen-bond donors (Lipinski definition) is 3. The number of nitro benzene ring substituents is 1. The number of para-hydroxylation sites is 1. The summed E-state index contributed by atoms with van der Waals surface area (Å²) in [6.07, 6.45) is 1.93. The number of fused-ring (bicyclic) bond motifs is 1. The molecular formula is C20H18N4O5. The SMILES string of the molecule is Cc1c(C(=O)NNC(=O)c2ccc(NC3CC3)c([N+](=O)[O-])c2)oc2ccccc12. The number of furan rings is 1. The number of carbonyl (C=O) groups is 2. The summed E-state index contributed by atoms with van der Waals surface area (Å²) in [5, 5.41) is 15.2. The second-order valence-corrected chi connectivity index (χ2v) is 6.87. The molecule has 9 heteroatoms. The standard InChI is InChI=1S/C20H18N4O5/c1-11-14-4-2-3-5-17(14)29-18(11)20(26)23-22-19(25)12-6-9-15(21-13-7-8-13)16(10-12)24(27)28/h2-6,9-10,13,21H,7-8H2,1H3,(H,22,25)(H,23,26). The largest absolute Gasteiger partial charge is 0.451 e. The second-order valence-electron chi connectivity index (χ2n) is 6.87. The molecule has 0 atom stereocenters. The fraction of sp³-hybridized carbons (Fsp3) is 0.200. The van der Waals surface area contributed by atoms with Crippen molar-refractivity contribution in [2.45, 2.75) is 25.8 Å². The van der Waals surface area contributed by atoms with Gasteiger partial charge in [0, 0.05) is 28.6 Å². The number of nitrogens with one attached hydrogen (secondary N) is 3. The lowest BCUT2D eigenvalue weighted by atomic mass is 10.1. The van der Waals surface area contributed by atoms with Crippen molar-refractivity contribution in [3.8, 4) is 0 Å². The van der Waals surface area contributed by atoms with Crippen LogP contribution in [0, 0.1) is 17.0 Å². The van der Waals surface area contributed by atoms with Crippen LogP contribution in [0.3, 0.4) is 0 Å². The first-order valence-electron chi connectivity index (χ1n) is 9.08. The summed E-state index contributed by atoms with van der Waals surface area (Å²) in [4.78, 5) is 35.5. The predicted octanol–water partition coefficient (Wildman–Crippen LogP) is 3.30. The molecule has 2 amide bonds. The third-order valence-corrected chi connectivity index (χ3v) is 4.73. The van der Waals surface area contributed by atoms with Crippen LogP contribution in [-0.2, 0) is 0 Å². The average molecular weight is 394 g/mol. The smallest absolute Gasteiger partial charge is 0.305 e. The highest BCUT2D eigenvalue weighted by Gasteiger charge is 2.26. The second kappa shape index (κ2) is 7.27. The molecule has 4 rings (SSSR count). The molecule has 1 fully saturated rings. The minimum atomic E-state index is -0.673. The Bertz CT molecular complexity index is 1130. The van der Waals surface area contributed by atoms with Gasteiger partial charge in [-0.15, -0.1) is 0 Å². The van der Waals surface area contributed by atoms with Gasteiger partial charge in [-0.05, 0) is 38.0 Å². The van der Waals surface area contributed by atoms with E-state index in [0.29, 0.717) is 16.8 Å². The van der Waals surface area contributed by atoms with Gasteiger partial charge in [0.15, 0.2) is 5.76 Å². The topological polar surface area (TPSA) is 127 Å². The van der Waals surface area contributed by atoms with E-state index < -0.39 is 16.7 Å². The van der Waals surface area contributed by atoms with E-state index in [9.17, 15) is 19.7 Å². The van der Waals surface area contributed by atoms with Gasteiger partial charge in [-0.2, -0.15) is 0 Å². The van der Waals surface area contributed by atoms with Crippen molar-refractivity contribution >= 4 is 34.2 Å². The summed E-state index contributed by atoms with van der Waals surface area (Å²) in [7, 11) is 0. The van der Waals surface area contributed by atoms with Crippen LogP contribution >= 0.6 is 0 Å². The number of nitro groups is 1. The van der Waals surface area contributed by atoms with Crippen molar-refractivity contribution in [1.82, 2.24) is 10.9 Å². The van der Waals surface area contributed by atoms with Gasteiger partial charge in [0.25, 0.3) is 11.6 Å². The summed E-state index contributed by atoms with van der Waals surface area (Å²) in [5.74, 6) is -1.21. The van der Waals surface area contributed by atoms with Crippen LogP contribution in [0.4, 0.5) is 11.4 Å². The number of hydrogen-bond acceptors (Lipinski definition) is 6. The van der Waals surface area contributed by atoms with Crippen LogP contribution in [0.1, 0.15) is 39.3 Å². The number of aryl methyl sites for hydroxylation is 1. The van der Waals surface area contributed by atoms with Gasteiger partial charge in [0.2, 0.25) is 0 Å². The normalized spacial score (nSPS) is 13.1. The third-order valence-electron chi connectivity index (χ3n) is 4.73. The fourth-order valence-electron chi connectivity index (χ4n) is 3.03. The Morgan fingerprint density at radius 3 is 2.52 bits per heavy atom. The molecule has 1 aliphatic rings. The van der Waals surface area contributed by atoms with E-state index in [1.165, 1.54) is 18.2 Å². The van der Waals surface area contributed by atoms with E-state index in [-0.39, 0.29) is 23.1 Å². The highest BCUT2D eigenvalue weighted by molar-refractivity contribution is 6.01. The molecule has 1 aromatic heterocycles. The molecule has 3 aromatic rings. The summed E-state index contributed by atoms with van der Waals surface area (Å²) >= 11 is 0. The molecule has 148 valence electrons. The van der Waals surface area contributed by atoms with Crippen LogP contribution in [0.15, 0.2) is 46.9 Å². The Morgan fingerprint density at radius 2 is 1.83 bits per heavy atom. The number of anilines is 1. The van der Waals surface area contributed by atoms with Gasteiger partial charge >= 0.3 is 5.91 Å². The summed E-state index contributed by atoms with van der Waals surface area (Å²) < 4.78 is 5.55. The molecule has 2 aromatic carbocycles. The third kappa shape index (κ3) is 3.75. The van der Waals surface area contributed by atoms with Crippen LogP contribution < -0.4 is 16.2 Å². The monoisotopic (exact) mass is 394 g/mol. The Labute approximate surface area is 165 Å². The number of amides is 2. The Hall–Kier alpha value is -3.88. The van der Waals surface area contributed by atoms with Crippen molar-refractivity contribution in [2.24, 2.45) is 0 Å². The van der Waals surface area contributed by atoms with E-state index in [1.54, 1.807) is 19.1 Å². The molecule has 1 aliphatic carbocycles. The van der Waals surface area contributed by atoms with E-state index in [4.69, 9.17) is 4.42 Å². The van der Waals surface area contributed by atoms with E-state index in [0.717, 1.165) is 18.2 Å². The lowest BCUT2D eigenvalue weighted by Crippen LogP contribution is -2.41. The molecular weight excluding hydrogens is 376 g/mol. The average Bonchev–Trinajstić information content (AvgIpc) is 3.47. The predicted molar refractivity (Wildman–Crippen MR) is 106 cm³/mol. The lowest BCUT2D eigenvalue weighted by Gasteiger charge is -2.09. The van der Waals surface area contributed by atoms with E-state index >= 15 is 0 Å². The highest BCUT2D eigenvalue weighted by Crippen LogP contribution is 2.31. The van der Waals surface area contributed by atoms with Gasteiger partial charge in [-0.1, -0.05) is 18.2 Å². The van der Waals surface area contributed by atoms with Crippen LogP contribution in [0.5, 0.6) is 0 Å². The number of benzene rings is 2. The maximum Gasteiger partial charge on any atom is 0.305 e. The first-order valence-corrected chi connectivity index (χ1v) is 9.08. The minimum absolute atomic E-state index is 0.0553. The zero-order valence-corrected chi connectivity index (χ0v) is 15.5. The molecule has 0 radical (unpaired) electrons. The maximum atomic E-state index is 12.4. The quantitative estimate of drug-likeness (QED) is 0.450. The fourth-order valence-corrected chi connectivity index (χ4v) is 3.03. The van der Waals surface area contributed by atoms with E-state index in [2.05, 4.69) is 16.2 Å². The Balaban J connectivity index is 1.47. The molecule has 0 bridgehead atoms. The number of nitrogens with zero attached hydrogens (tertiary/aromatic N) is 1. The number of rotatable bonds is 5.